The Morgan fingerprint density at radius 2 is 2.04 bits per heavy atom. The van der Waals surface area contributed by atoms with Gasteiger partial charge in [0.1, 0.15) is 12.4 Å². The van der Waals surface area contributed by atoms with Crippen LogP contribution < -0.4 is 9.64 Å². The van der Waals surface area contributed by atoms with Crippen molar-refractivity contribution in [3.63, 3.8) is 0 Å². The third-order valence-electron chi connectivity index (χ3n) is 4.60. The SMILES string of the molecule is O=C(OCc1cc(Cl)cc2c1OCOC2)c1ccc(N2CCCC2=O)cc1. The molecule has 0 aromatic heterocycles. The topological polar surface area (TPSA) is 65.1 Å². The smallest absolute Gasteiger partial charge is 0.338 e. The minimum atomic E-state index is -0.449. The van der Waals surface area contributed by atoms with Gasteiger partial charge in [-0.1, -0.05) is 11.6 Å². The van der Waals surface area contributed by atoms with Crippen molar-refractivity contribution in [1.82, 2.24) is 0 Å². The number of carbonyl (C=O) groups is 2. The Morgan fingerprint density at radius 3 is 2.78 bits per heavy atom. The highest BCUT2D eigenvalue weighted by molar-refractivity contribution is 6.30. The second-order valence-electron chi connectivity index (χ2n) is 6.44. The van der Waals surface area contributed by atoms with E-state index >= 15 is 0 Å². The lowest BCUT2D eigenvalue weighted by Gasteiger charge is -2.21. The van der Waals surface area contributed by atoms with Gasteiger partial charge in [-0.15, -0.1) is 0 Å². The molecule has 2 aromatic rings. The average Bonchev–Trinajstić information content (AvgIpc) is 3.11. The van der Waals surface area contributed by atoms with Gasteiger partial charge in [-0.05, 0) is 42.8 Å². The standard InChI is InChI=1S/C20H18ClNO5/c21-16-8-14-10-25-12-27-19(14)15(9-16)11-26-20(24)13-3-5-17(6-4-13)22-7-1-2-18(22)23/h3-6,8-9H,1-2,7,10-12H2. The van der Waals surface area contributed by atoms with Gasteiger partial charge in [0.2, 0.25) is 5.91 Å². The molecule has 1 saturated heterocycles. The van der Waals surface area contributed by atoms with E-state index in [1.807, 2.05) is 0 Å². The second-order valence-corrected chi connectivity index (χ2v) is 6.87. The summed E-state index contributed by atoms with van der Waals surface area (Å²) in [6.07, 6.45) is 1.43. The second kappa shape index (κ2) is 7.58. The summed E-state index contributed by atoms with van der Waals surface area (Å²) in [6, 6.07) is 10.4. The first-order valence-corrected chi connectivity index (χ1v) is 9.09. The summed E-state index contributed by atoms with van der Waals surface area (Å²) in [6.45, 7) is 1.33. The first-order chi connectivity index (χ1) is 13.1. The molecule has 2 aromatic carbocycles. The summed E-state index contributed by atoms with van der Waals surface area (Å²) in [5.41, 5.74) is 2.75. The molecule has 0 bridgehead atoms. The Bertz CT molecular complexity index is 881. The molecule has 1 fully saturated rings. The van der Waals surface area contributed by atoms with Gasteiger partial charge in [0.15, 0.2) is 6.79 Å². The molecule has 140 valence electrons. The Kier molecular flexibility index (Phi) is 5.01. The first kappa shape index (κ1) is 17.8. The van der Waals surface area contributed by atoms with E-state index in [0.29, 0.717) is 41.5 Å². The Labute approximate surface area is 161 Å². The molecular formula is C20H18ClNO5. The summed E-state index contributed by atoms with van der Waals surface area (Å²) in [5, 5.41) is 0.536. The molecule has 0 atom stereocenters. The number of hydrogen-bond acceptors (Lipinski definition) is 5. The number of esters is 1. The average molecular weight is 388 g/mol. The number of carbonyl (C=O) groups excluding carboxylic acids is 2. The summed E-state index contributed by atoms with van der Waals surface area (Å²) in [4.78, 5) is 25.9. The maximum Gasteiger partial charge on any atom is 0.338 e. The normalized spacial score (nSPS) is 16.0. The number of nitrogens with zero attached hydrogens (tertiary/aromatic N) is 1. The van der Waals surface area contributed by atoms with E-state index < -0.39 is 5.97 Å². The highest BCUT2D eigenvalue weighted by Crippen LogP contribution is 2.32. The fraction of sp³-hybridized carbons (Fsp3) is 0.300. The van der Waals surface area contributed by atoms with Crippen molar-refractivity contribution in [3.05, 3.63) is 58.1 Å². The third kappa shape index (κ3) is 3.77. The quantitative estimate of drug-likeness (QED) is 0.748. The monoisotopic (exact) mass is 387 g/mol. The molecule has 4 rings (SSSR count). The molecule has 6 nitrogen and oxygen atoms in total. The third-order valence-corrected chi connectivity index (χ3v) is 4.82. The van der Waals surface area contributed by atoms with Crippen molar-refractivity contribution in [1.29, 1.82) is 0 Å². The van der Waals surface area contributed by atoms with E-state index in [0.717, 1.165) is 17.7 Å². The Morgan fingerprint density at radius 1 is 1.22 bits per heavy atom. The molecule has 2 aliphatic heterocycles. The van der Waals surface area contributed by atoms with Crippen LogP contribution in [0.5, 0.6) is 5.75 Å². The van der Waals surface area contributed by atoms with E-state index in [-0.39, 0.29) is 19.3 Å². The van der Waals surface area contributed by atoms with Crippen LogP contribution in [0.25, 0.3) is 0 Å². The molecule has 0 saturated carbocycles. The van der Waals surface area contributed by atoms with Crippen molar-refractivity contribution >= 4 is 29.2 Å². The lowest BCUT2D eigenvalue weighted by molar-refractivity contribution is -0.117. The number of amides is 1. The number of halogens is 1. The minimum Gasteiger partial charge on any atom is -0.467 e. The fourth-order valence-electron chi connectivity index (χ4n) is 3.29. The summed E-state index contributed by atoms with van der Waals surface area (Å²) >= 11 is 6.12. The molecule has 1 amide bonds. The highest BCUT2D eigenvalue weighted by atomic mass is 35.5. The van der Waals surface area contributed by atoms with Crippen LogP contribution in [0.2, 0.25) is 5.02 Å². The lowest BCUT2D eigenvalue weighted by Crippen LogP contribution is -2.23. The van der Waals surface area contributed by atoms with E-state index in [1.54, 1.807) is 41.3 Å². The van der Waals surface area contributed by atoms with E-state index in [2.05, 4.69) is 0 Å². The zero-order valence-electron chi connectivity index (χ0n) is 14.6. The zero-order valence-corrected chi connectivity index (χ0v) is 15.3. The van der Waals surface area contributed by atoms with Crippen LogP contribution in [-0.4, -0.2) is 25.2 Å². The Hall–Kier alpha value is -2.57. The van der Waals surface area contributed by atoms with Gasteiger partial charge in [-0.3, -0.25) is 4.79 Å². The molecule has 0 unspecified atom stereocenters. The van der Waals surface area contributed by atoms with Gasteiger partial charge in [0.05, 0.1) is 12.2 Å². The van der Waals surface area contributed by atoms with Crippen LogP contribution >= 0.6 is 11.6 Å². The minimum absolute atomic E-state index is 0.0497. The van der Waals surface area contributed by atoms with Gasteiger partial charge in [-0.2, -0.15) is 0 Å². The maximum atomic E-state index is 12.4. The van der Waals surface area contributed by atoms with Crippen LogP contribution in [0.3, 0.4) is 0 Å². The van der Waals surface area contributed by atoms with Gasteiger partial charge in [0, 0.05) is 34.8 Å². The predicted molar refractivity (Wildman–Crippen MR) is 98.9 cm³/mol. The first-order valence-electron chi connectivity index (χ1n) is 8.71. The number of fused-ring (bicyclic) bond motifs is 1. The molecule has 2 heterocycles. The van der Waals surface area contributed by atoms with Crippen molar-refractivity contribution in [2.75, 3.05) is 18.2 Å². The van der Waals surface area contributed by atoms with Crippen LogP contribution in [0.4, 0.5) is 5.69 Å². The number of ether oxygens (including phenoxy) is 3. The predicted octanol–water partition coefficient (Wildman–Crippen LogP) is 3.69. The molecule has 0 radical (unpaired) electrons. The molecule has 2 aliphatic rings. The van der Waals surface area contributed by atoms with E-state index in [9.17, 15) is 9.59 Å². The number of hydrogen-bond donors (Lipinski definition) is 0. The number of benzene rings is 2. The van der Waals surface area contributed by atoms with E-state index in [4.69, 9.17) is 25.8 Å². The van der Waals surface area contributed by atoms with Crippen molar-refractivity contribution in [2.24, 2.45) is 0 Å². The largest absolute Gasteiger partial charge is 0.467 e. The number of rotatable bonds is 4. The molecule has 0 spiro atoms. The zero-order chi connectivity index (χ0) is 18.8. The van der Waals surface area contributed by atoms with E-state index in [1.165, 1.54) is 0 Å². The van der Waals surface area contributed by atoms with Gasteiger partial charge in [-0.25, -0.2) is 4.79 Å². The summed E-state index contributed by atoms with van der Waals surface area (Å²) < 4.78 is 16.2. The van der Waals surface area contributed by atoms with Crippen LogP contribution in [0.1, 0.15) is 34.3 Å². The van der Waals surface area contributed by atoms with Crippen LogP contribution in [0, 0.1) is 0 Å². The Balaban J connectivity index is 1.44. The maximum absolute atomic E-state index is 12.4. The molecule has 27 heavy (non-hydrogen) atoms. The van der Waals surface area contributed by atoms with Crippen molar-refractivity contribution in [2.45, 2.75) is 26.1 Å². The molecular weight excluding hydrogens is 370 g/mol. The van der Waals surface area contributed by atoms with Gasteiger partial charge < -0.3 is 19.1 Å². The fourth-order valence-corrected chi connectivity index (χ4v) is 3.55. The van der Waals surface area contributed by atoms with Gasteiger partial charge >= 0.3 is 5.97 Å². The highest BCUT2D eigenvalue weighted by Gasteiger charge is 2.22. The van der Waals surface area contributed by atoms with Crippen LogP contribution in [0.15, 0.2) is 36.4 Å². The lowest BCUT2D eigenvalue weighted by atomic mass is 10.1. The van der Waals surface area contributed by atoms with Crippen LogP contribution in [-0.2, 0) is 27.5 Å². The van der Waals surface area contributed by atoms with Crippen molar-refractivity contribution in [3.8, 4) is 5.75 Å². The summed E-state index contributed by atoms with van der Waals surface area (Å²) in [5.74, 6) is 0.316. The molecule has 0 aliphatic carbocycles. The van der Waals surface area contributed by atoms with Gasteiger partial charge in [0.25, 0.3) is 0 Å². The summed E-state index contributed by atoms with van der Waals surface area (Å²) in [7, 11) is 0. The molecule has 7 heteroatoms. The number of anilines is 1. The van der Waals surface area contributed by atoms with Crippen molar-refractivity contribution < 1.29 is 23.8 Å². The molecule has 0 N–H and O–H groups in total.